The molecule has 122 valence electrons. The zero-order valence-corrected chi connectivity index (χ0v) is 14.9. The van der Waals surface area contributed by atoms with Crippen LogP contribution in [0.2, 0.25) is 0 Å². The van der Waals surface area contributed by atoms with Gasteiger partial charge >= 0.3 is 0 Å². The highest BCUT2D eigenvalue weighted by molar-refractivity contribution is 7.89. The Labute approximate surface area is 135 Å². The molecular weight excluding hydrogens is 294 g/mol. The first kappa shape index (κ1) is 18.7. The second-order valence-electron chi connectivity index (χ2n) is 5.46. The molecule has 3 nitrogen and oxygen atoms in total. The average Bonchev–Trinajstić information content (AvgIpc) is 2.48. The number of hydrogen-bond donors (Lipinski definition) is 0. The smallest absolute Gasteiger partial charge is 0.207 e. The average molecular weight is 321 g/mol. The highest BCUT2D eigenvalue weighted by Crippen LogP contribution is 2.24. The summed E-state index contributed by atoms with van der Waals surface area (Å²) in [6, 6.07) is 6.87. The van der Waals surface area contributed by atoms with Crippen LogP contribution < -0.4 is 0 Å². The number of allylic oxidation sites excluding steroid dienone is 1. The van der Waals surface area contributed by atoms with Gasteiger partial charge in [-0.3, -0.25) is 0 Å². The fourth-order valence-electron chi connectivity index (χ4n) is 2.58. The summed E-state index contributed by atoms with van der Waals surface area (Å²) in [5.74, 6) is 0. The van der Waals surface area contributed by atoms with Crippen LogP contribution in [-0.4, -0.2) is 25.3 Å². The minimum atomic E-state index is -3.53. The molecule has 0 bridgehead atoms. The molecule has 0 aliphatic heterocycles. The summed E-state index contributed by atoms with van der Waals surface area (Å²) in [5, 5.41) is 0. The van der Waals surface area contributed by atoms with Gasteiger partial charge in [0.05, 0.1) is 4.90 Å². The van der Waals surface area contributed by atoms with Gasteiger partial charge in [-0.2, -0.15) is 4.31 Å². The predicted molar refractivity (Wildman–Crippen MR) is 93.4 cm³/mol. The Balaban J connectivity index is 3.30. The predicted octanol–water partition coefficient (Wildman–Crippen LogP) is 4.31. The largest absolute Gasteiger partial charge is 0.243 e. The van der Waals surface area contributed by atoms with Crippen LogP contribution in [0.5, 0.6) is 0 Å². The van der Waals surface area contributed by atoms with Crippen LogP contribution in [0.1, 0.15) is 39.2 Å². The summed E-state index contributed by atoms with van der Waals surface area (Å²) in [6.45, 7) is 12.0. The topological polar surface area (TPSA) is 37.4 Å². The lowest BCUT2D eigenvalue weighted by Gasteiger charge is -2.30. The van der Waals surface area contributed by atoms with E-state index in [1.54, 1.807) is 22.5 Å². The van der Waals surface area contributed by atoms with Crippen molar-refractivity contribution in [3.8, 4) is 0 Å². The first-order chi connectivity index (χ1) is 10.4. The van der Waals surface area contributed by atoms with Gasteiger partial charge in [0, 0.05) is 12.6 Å². The highest BCUT2D eigenvalue weighted by Gasteiger charge is 2.30. The molecule has 0 fully saturated rings. The van der Waals surface area contributed by atoms with Gasteiger partial charge in [-0.1, -0.05) is 49.3 Å². The van der Waals surface area contributed by atoms with Gasteiger partial charge in [-0.05, 0) is 38.8 Å². The monoisotopic (exact) mass is 321 g/mol. The third-order valence-electron chi connectivity index (χ3n) is 3.72. The maximum atomic E-state index is 13.0. The molecule has 4 heteroatoms. The van der Waals surface area contributed by atoms with Crippen LogP contribution in [0, 0.1) is 6.92 Å². The number of nitrogens with zero attached hydrogens (tertiary/aromatic N) is 1. The van der Waals surface area contributed by atoms with Crippen LogP contribution in [0.4, 0.5) is 0 Å². The van der Waals surface area contributed by atoms with E-state index in [2.05, 4.69) is 19.6 Å². The number of sulfonamides is 1. The maximum Gasteiger partial charge on any atom is 0.243 e. The third-order valence-corrected chi connectivity index (χ3v) is 5.61. The van der Waals surface area contributed by atoms with Crippen molar-refractivity contribution >= 4 is 10.0 Å². The first-order valence-corrected chi connectivity index (χ1v) is 9.18. The quantitative estimate of drug-likeness (QED) is 0.669. The molecule has 1 rings (SSSR count). The summed E-state index contributed by atoms with van der Waals surface area (Å²) in [7, 11) is -3.53. The lowest BCUT2D eigenvalue weighted by Crippen LogP contribution is -2.40. The zero-order valence-electron chi connectivity index (χ0n) is 14.0. The minimum absolute atomic E-state index is 0.135. The van der Waals surface area contributed by atoms with E-state index < -0.39 is 10.0 Å². The standard InChI is InChI=1S/C18H27NO2S/c1-6-9-16(5)18(8-3)19(14-7-2)22(20,21)17-12-10-15(4)11-13-17/h7,9-13,18H,2,6,8,14H2,1,3-5H3/b16-9+/t18-/m1/s1. The summed E-state index contributed by atoms with van der Waals surface area (Å²) >= 11 is 0. The van der Waals surface area contributed by atoms with Gasteiger partial charge in [0.1, 0.15) is 0 Å². The fraction of sp³-hybridized carbons (Fsp3) is 0.444. The maximum absolute atomic E-state index is 13.0. The lowest BCUT2D eigenvalue weighted by atomic mass is 10.1. The van der Waals surface area contributed by atoms with Gasteiger partial charge in [-0.15, -0.1) is 6.58 Å². The number of benzene rings is 1. The Bertz CT molecular complexity index is 615. The second kappa shape index (κ2) is 8.30. The second-order valence-corrected chi connectivity index (χ2v) is 7.35. The van der Waals surface area contributed by atoms with Crippen LogP contribution in [0.3, 0.4) is 0 Å². The normalized spacial score (nSPS) is 14.1. The van der Waals surface area contributed by atoms with Crippen LogP contribution in [0.25, 0.3) is 0 Å². The summed E-state index contributed by atoms with van der Waals surface area (Å²) in [6.07, 6.45) is 5.37. The molecule has 0 saturated carbocycles. The molecule has 0 spiro atoms. The van der Waals surface area contributed by atoms with Gasteiger partial charge in [0.2, 0.25) is 10.0 Å². The van der Waals surface area contributed by atoms with Gasteiger partial charge in [0.15, 0.2) is 0 Å². The Morgan fingerprint density at radius 1 is 1.27 bits per heavy atom. The Morgan fingerprint density at radius 2 is 1.86 bits per heavy atom. The molecule has 0 heterocycles. The van der Waals surface area contributed by atoms with Gasteiger partial charge in [-0.25, -0.2) is 8.42 Å². The minimum Gasteiger partial charge on any atom is -0.207 e. The molecule has 1 atom stereocenters. The molecule has 0 unspecified atom stereocenters. The Kier molecular flexibility index (Phi) is 7.04. The van der Waals surface area contributed by atoms with E-state index in [1.807, 2.05) is 32.9 Å². The van der Waals surface area contributed by atoms with Crippen molar-refractivity contribution in [3.05, 3.63) is 54.1 Å². The van der Waals surface area contributed by atoms with E-state index in [4.69, 9.17) is 0 Å². The SMILES string of the molecule is C=CCN([C@H](CC)/C(C)=C/CC)S(=O)(=O)c1ccc(C)cc1. The van der Waals surface area contributed by atoms with Gasteiger partial charge in [0.25, 0.3) is 0 Å². The zero-order chi connectivity index (χ0) is 16.8. The van der Waals surface area contributed by atoms with Crippen molar-refractivity contribution in [3.63, 3.8) is 0 Å². The van der Waals surface area contributed by atoms with E-state index in [9.17, 15) is 8.42 Å². The molecule has 1 aromatic carbocycles. The number of aryl methyl sites for hydroxylation is 1. The molecular formula is C18H27NO2S. The van der Waals surface area contributed by atoms with Crippen LogP contribution in [-0.2, 0) is 10.0 Å². The van der Waals surface area contributed by atoms with Crippen molar-refractivity contribution in [2.75, 3.05) is 6.54 Å². The summed E-state index contributed by atoms with van der Waals surface area (Å²) < 4.78 is 27.5. The molecule has 0 aliphatic carbocycles. The van der Waals surface area contributed by atoms with Crippen LogP contribution >= 0.6 is 0 Å². The molecule has 0 radical (unpaired) electrons. The number of hydrogen-bond acceptors (Lipinski definition) is 2. The molecule has 0 aromatic heterocycles. The molecule has 0 saturated heterocycles. The summed E-state index contributed by atoms with van der Waals surface area (Å²) in [4.78, 5) is 0.336. The molecule has 0 N–H and O–H groups in total. The molecule has 0 amide bonds. The van der Waals surface area contributed by atoms with Gasteiger partial charge < -0.3 is 0 Å². The Hall–Kier alpha value is -1.39. The van der Waals surface area contributed by atoms with E-state index in [-0.39, 0.29) is 6.04 Å². The van der Waals surface area contributed by atoms with Crippen molar-refractivity contribution in [1.29, 1.82) is 0 Å². The lowest BCUT2D eigenvalue weighted by molar-refractivity contribution is 0.368. The van der Waals surface area contributed by atoms with E-state index in [0.29, 0.717) is 11.4 Å². The van der Waals surface area contributed by atoms with Crippen molar-refractivity contribution in [1.82, 2.24) is 4.31 Å². The molecule has 0 aliphatic rings. The van der Waals surface area contributed by atoms with Crippen molar-refractivity contribution in [2.24, 2.45) is 0 Å². The fourth-order valence-corrected chi connectivity index (χ4v) is 4.28. The Morgan fingerprint density at radius 3 is 2.32 bits per heavy atom. The van der Waals surface area contributed by atoms with E-state index in [0.717, 1.165) is 24.0 Å². The van der Waals surface area contributed by atoms with Crippen molar-refractivity contribution in [2.45, 2.75) is 51.5 Å². The van der Waals surface area contributed by atoms with Crippen molar-refractivity contribution < 1.29 is 8.42 Å². The summed E-state index contributed by atoms with van der Waals surface area (Å²) in [5.41, 5.74) is 2.13. The number of rotatable bonds is 8. The van der Waals surface area contributed by atoms with Crippen LogP contribution in [0.15, 0.2) is 53.5 Å². The molecule has 22 heavy (non-hydrogen) atoms. The first-order valence-electron chi connectivity index (χ1n) is 7.74. The molecule has 1 aromatic rings. The van der Waals surface area contributed by atoms with E-state index >= 15 is 0 Å². The highest BCUT2D eigenvalue weighted by atomic mass is 32.2. The van der Waals surface area contributed by atoms with E-state index in [1.165, 1.54) is 0 Å². The third kappa shape index (κ3) is 4.31.